The number of allylic oxidation sites excluding steroid dienone is 2. The lowest BCUT2D eigenvalue weighted by Gasteiger charge is -2.55. The Morgan fingerprint density at radius 2 is 1.91 bits per heavy atom. The fourth-order valence-corrected chi connectivity index (χ4v) is 7.18. The Kier molecular flexibility index (Phi) is 3.55. The quantitative estimate of drug-likeness (QED) is 0.547. The van der Waals surface area contributed by atoms with Crippen molar-refractivity contribution in [2.45, 2.75) is 72.1 Å². The zero-order chi connectivity index (χ0) is 15.5. The van der Waals surface area contributed by atoms with Gasteiger partial charge in [-0.1, -0.05) is 25.5 Å². The molecular formula is C21H32O. The maximum absolute atomic E-state index is 12.1. The van der Waals surface area contributed by atoms with Crippen LogP contribution in [0.2, 0.25) is 0 Å². The van der Waals surface area contributed by atoms with E-state index in [1.54, 1.807) is 5.57 Å². The fourth-order valence-electron chi connectivity index (χ4n) is 7.18. The minimum Gasteiger partial charge on any atom is -0.299 e. The molecule has 22 heavy (non-hydrogen) atoms. The number of Topliss-reactive ketones (excluding diaryl/α,β-unsaturated/α-hetero) is 1. The van der Waals surface area contributed by atoms with Crippen molar-refractivity contribution < 1.29 is 4.79 Å². The van der Waals surface area contributed by atoms with Crippen LogP contribution in [0.5, 0.6) is 0 Å². The second kappa shape index (κ2) is 5.21. The van der Waals surface area contributed by atoms with Gasteiger partial charge in [0.1, 0.15) is 5.78 Å². The smallest absolute Gasteiger partial charge is 0.135 e. The molecule has 7 atom stereocenters. The summed E-state index contributed by atoms with van der Waals surface area (Å²) in [7, 11) is 0. The number of ketones is 1. The molecule has 0 amide bonds. The molecule has 4 aliphatic rings. The van der Waals surface area contributed by atoms with E-state index in [0.717, 1.165) is 36.0 Å². The first kappa shape index (κ1) is 15.0. The maximum atomic E-state index is 12.1. The Balaban J connectivity index is 1.60. The van der Waals surface area contributed by atoms with Crippen molar-refractivity contribution in [3.8, 4) is 0 Å². The average Bonchev–Trinajstić information content (AvgIpc) is 2.85. The number of fused-ring (bicyclic) bond motifs is 5. The predicted molar refractivity (Wildman–Crippen MR) is 90.4 cm³/mol. The molecule has 0 heterocycles. The van der Waals surface area contributed by atoms with E-state index in [0.29, 0.717) is 17.1 Å². The van der Waals surface area contributed by atoms with Gasteiger partial charge in [-0.3, -0.25) is 4.79 Å². The van der Waals surface area contributed by atoms with Gasteiger partial charge in [0.2, 0.25) is 0 Å². The largest absolute Gasteiger partial charge is 0.299 e. The molecule has 0 aromatic heterocycles. The molecular weight excluding hydrogens is 268 g/mol. The van der Waals surface area contributed by atoms with Gasteiger partial charge >= 0.3 is 0 Å². The molecule has 1 nitrogen and oxygen atoms in total. The Labute approximate surface area is 135 Å². The monoisotopic (exact) mass is 300 g/mol. The highest BCUT2D eigenvalue weighted by molar-refractivity contribution is 5.81. The van der Waals surface area contributed by atoms with Crippen LogP contribution in [0.25, 0.3) is 0 Å². The molecule has 4 saturated carbocycles. The van der Waals surface area contributed by atoms with E-state index in [9.17, 15) is 4.79 Å². The van der Waals surface area contributed by atoms with Crippen molar-refractivity contribution in [1.82, 2.24) is 0 Å². The van der Waals surface area contributed by atoms with Crippen molar-refractivity contribution in [3.05, 3.63) is 11.6 Å². The molecule has 4 aliphatic carbocycles. The summed E-state index contributed by atoms with van der Waals surface area (Å²) in [5.74, 6) is 5.32. The SMILES string of the molecule is CC=C1CC[C@H]2[C@@H]3CC[C@H]4CC(=O)[C@H](C)C[C@@H]4[C@H]3CC[C@]12C. The lowest BCUT2D eigenvalue weighted by molar-refractivity contribution is -0.131. The first-order chi connectivity index (χ1) is 10.5. The number of hydrogen-bond donors (Lipinski definition) is 0. The summed E-state index contributed by atoms with van der Waals surface area (Å²) in [5.41, 5.74) is 2.27. The Hall–Kier alpha value is -0.590. The topological polar surface area (TPSA) is 17.1 Å². The molecule has 4 rings (SSSR count). The summed E-state index contributed by atoms with van der Waals surface area (Å²) >= 11 is 0. The van der Waals surface area contributed by atoms with Crippen LogP contribution in [-0.2, 0) is 4.79 Å². The highest BCUT2D eigenvalue weighted by atomic mass is 16.1. The second-order valence-electron chi connectivity index (χ2n) is 9.05. The van der Waals surface area contributed by atoms with Crippen LogP contribution in [0.1, 0.15) is 72.1 Å². The van der Waals surface area contributed by atoms with Gasteiger partial charge in [0.15, 0.2) is 0 Å². The van der Waals surface area contributed by atoms with Crippen LogP contribution in [0.4, 0.5) is 0 Å². The van der Waals surface area contributed by atoms with Crippen LogP contribution in [-0.4, -0.2) is 5.78 Å². The standard InChI is InChI=1S/C21H32O/c1-4-15-6-8-19-17-7-5-14-12-20(22)13(2)11-18(14)16(17)9-10-21(15,19)3/h4,13-14,16-19H,5-12H2,1-3H3/t13-,14+,16+,17-,18+,19+,21-/m1/s1. The van der Waals surface area contributed by atoms with E-state index in [2.05, 4.69) is 26.8 Å². The average molecular weight is 300 g/mol. The van der Waals surface area contributed by atoms with Crippen molar-refractivity contribution in [3.63, 3.8) is 0 Å². The maximum Gasteiger partial charge on any atom is 0.135 e. The molecule has 0 N–H and O–H groups in total. The third kappa shape index (κ3) is 2.00. The lowest BCUT2D eigenvalue weighted by Crippen LogP contribution is -2.48. The van der Waals surface area contributed by atoms with E-state index in [1.807, 2.05) is 0 Å². The fraction of sp³-hybridized carbons (Fsp3) is 0.857. The van der Waals surface area contributed by atoms with Crippen molar-refractivity contribution in [1.29, 1.82) is 0 Å². The Morgan fingerprint density at radius 1 is 1.09 bits per heavy atom. The number of hydrogen-bond acceptors (Lipinski definition) is 1. The molecule has 1 heteroatoms. The summed E-state index contributed by atoms with van der Waals surface area (Å²) in [6, 6.07) is 0. The highest BCUT2D eigenvalue weighted by Gasteiger charge is 2.55. The molecule has 0 radical (unpaired) electrons. The lowest BCUT2D eigenvalue weighted by atomic mass is 9.49. The third-order valence-electron chi connectivity index (χ3n) is 8.35. The minimum atomic E-state index is 0.336. The van der Waals surface area contributed by atoms with Gasteiger partial charge in [-0.15, -0.1) is 0 Å². The van der Waals surface area contributed by atoms with E-state index < -0.39 is 0 Å². The van der Waals surface area contributed by atoms with Gasteiger partial charge in [0.05, 0.1) is 0 Å². The summed E-state index contributed by atoms with van der Waals surface area (Å²) < 4.78 is 0. The third-order valence-corrected chi connectivity index (χ3v) is 8.35. The highest BCUT2D eigenvalue weighted by Crippen LogP contribution is 2.64. The van der Waals surface area contributed by atoms with E-state index in [-0.39, 0.29) is 0 Å². The van der Waals surface area contributed by atoms with Crippen LogP contribution < -0.4 is 0 Å². The predicted octanol–water partition coefficient (Wildman–Crippen LogP) is 5.40. The molecule has 0 spiro atoms. The number of carbonyl (C=O) groups is 1. The van der Waals surface area contributed by atoms with E-state index in [1.165, 1.54) is 44.9 Å². The molecule has 0 bridgehead atoms. The summed E-state index contributed by atoms with van der Waals surface area (Å²) in [6.07, 6.45) is 12.9. The van der Waals surface area contributed by atoms with Gasteiger partial charge in [-0.05, 0) is 86.9 Å². The van der Waals surface area contributed by atoms with Crippen LogP contribution in [0, 0.1) is 40.9 Å². The summed E-state index contributed by atoms with van der Waals surface area (Å²) in [4.78, 5) is 12.1. The molecule has 122 valence electrons. The first-order valence-corrected chi connectivity index (χ1v) is 9.73. The second-order valence-corrected chi connectivity index (χ2v) is 9.05. The molecule has 0 unspecified atom stereocenters. The van der Waals surface area contributed by atoms with Gasteiger partial charge in [-0.2, -0.15) is 0 Å². The van der Waals surface area contributed by atoms with Crippen molar-refractivity contribution >= 4 is 5.78 Å². The van der Waals surface area contributed by atoms with Crippen molar-refractivity contribution in [2.75, 3.05) is 0 Å². The summed E-state index contributed by atoms with van der Waals surface area (Å²) in [6.45, 7) is 7.00. The van der Waals surface area contributed by atoms with Gasteiger partial charge < -0.3 is 0 Å². The molecule has 0 aromatic carbocycles. The van der Waals surface area contributed by atoms with Crippen LogP contribution >= 0.6 is 0 Å². The van der Waals surface area contributed by atoms with Crippen LogP contribution in [0.15, 0.2) is 11.6 Å². The van der Waals surface area contributed by atoms with Crippen LogP contribution in [0.3, 0.4) is 0 Å². The Bertz CT molecular complexity index is 504. The zero-order valence-corrected chi connectivity index (χ0v) is 14.6. The molecule has 4 fully saturated rings. The van der Waals surface area contributed by atoms with Gasteiger partial charge in [0.25, 0.3) is 0 Å². The van der Waals surface area contributed by atoms with Gasteiger partial charge in [-0.25, -0.2) is 0 Å². The molecule has 0 aromatic rings. The summed E-state index contributed by atoms with van der Waals surface area (Å²) in [5, 5.41) is 0. The minimum absolute atomic E-state index is 0.336. The van der Waals surface area contributed by atoms with Gasteiger partial charge in [0, 0.05) is 12.3 Å². The molecule has 0 saturated heterocycles. The Morgan fingerprint density at radius 3 is 2.68 bits per heavy atom. The zero-order valence-electron chi connectivity index (χ0n) is 14.6. The van der Waals surface area contributed by atoms with E-state index in [4.69, 9.17) is 0 Å². The van der Waals surface area contributed by atoms with Crippen molar-refractivity contribution in [2.24, 2.45) is 40.9 Å². The van der Waals surface area contributed by atoms with E-state index >= 15 is 0 Å². The first-order valence-electron chi connectivity index (χ1n) is 9.73. The number of carbonyl (C=O) groups excluding carboxylic acids is 1. The molecule has 0 aliphatic heterocycles. The number of rotatable bonds is 0. The normalized spacial score (nSPS) is 53.0.